The van der Waals surface area contributed by atoms with Crippen LogP contribution in [0.25, 0.3) is 0 Å². The van der Waals surface area contributed by atoms with Crippen LogP contribution < -0.4 is 5.73 Å². The van der Waals surface area contributed by atoms with Gasteiger partial charge in [-0.2, -0.15) is 5.10 Å². The number of rotatable bonds is 4. The molecule has 0 unspecified atom stereocenters. The van der Waals surface area contributed by atoms with Crippen molar-refractivity contribution in [3.63, 3.8) is 0 Å². The summed E-state index contributed by atoms with van der Waals surface area (Å²) in [6.45, 7) is 4.06. The first-order valence-corrected chi connectivity index (χ1v) is 7.43. The first-order chi connectivity index (χ1) is 9.49. The average molecular weight is 357 g/mol. The van der Waals surface area contributed by atoms with Crippen LogP contribution in [0.15, 0.2) is 27.1 Å². The molecule has 106 valence electrons. The number of nitrogens with two attached hydrogens (primary N) is 1. The van der Waals surface area contributed by atoms with E-state index in [4.69, 9.17) is 10.6 Å². The smallest absolute Gasteiger partial charge is 0.375 e. The van der Waals surface area contributed by atoms with Gasteiger partial charge in [0.1, 0.15) is 11.4 Å². The Morgan fingerprint density at radius 1 is 1.60 bits per heavy atom. The molecule has 0 saturated heterocycles. The molecule has 0 amide bonds. The lowest BCUT2D eigenvalue weighted by atomic mass is 10.4. The molecule has 0 fully saturated rings. The van der Waals surface area contributed by atoms with E-state index in [-0.39, 0.29) is 12.4 Å². The van der Waals surface area contributed by atoms with Gasteiger partial charge in [0.2, 0.25) is 0 Å². The molecular formula is C12H13BrN4O2S. The quantitative estimate of drug-likeness (QED) is 0.394. The van der Waals surface area contributed by atoms with Gasteiger partial charge in [0.15, 0.2) is 5.84 Å². The summed E-state index contributed by atoms with van der Waals surface area (Å²) in [5.41, 5.74) is 7.54. The maximum Gasteiger partial charge on any atom is 0.375 e. The van der Waals surface area contributed by atoms with E-state index in [1.54, 1.807) is 22.2 Å². The van der Waals surface area contributed by atoms with Gasteiger partial charge in [0.05, 0.1) is 15.9 Å². The van der Waals surface area contributed by atoms with Gasteiger partial charge in [-0.1, -0.05) is 11.2 Å². The molecule has 2 aromatic rings. The van der Waals surface area contributed by atoms with Gasteiger partial charge in [-0.3, -0.25) is 4.68 Å². The highest BCUT2D eigenvalue weighted by molar-refractivity contribution is 9.10. The van der Waals surface area contributed by atoms with E-state index in [1.165, 1.54) is 11.3 Å². The second-order valence-corrected chi connectivity index (χ2v) is 5.82. The minimum Gasteiger partial charge on any atom is -0.383 e. The molecule has 0 bridgehead atoms. The molecule has 6 nitrogen and oxygen atoms in total. The zero-order valence-corrected chi connectivity index (χ0v) is 13.4. The predicted octanol–water partition coefficient (Wildman–Crippen LogP) is 2.45. The number of halogens is 1. The SMILES string of the molecule is Cc1nn(C/C(N)=N/OC(=O)c2cccs2)c(C)c1Br. The van der Waals surface area contributed by atoms with Gasteiger partial charge in [-0.15, -0.1) is 11.3 Å². The normalized spacial score (nSPS) is 11.7. The molecule has 20 heavy (non-hydrogen) atoms. The van der Waals surface area contributed by atoms with E-state index in [1.807, 2.05) is 13.8 Å². The number of aryl methyl sites for hydroxylation is 1. The van der Waals surface area contributed by atoms with Crippen molar-refractivity contribution in [1.29, 1.82) is 0 Å². The van der Waals surface area contributed by atoms with Crippen LogP contribution >= 0.6 is 27.3 Å². The summed E-state index contributed by atoms with van der Waals surface area (Å²) < 4.78 is 2.62. The van der Waals surface area contributed by atoms with Crippen molar-refractivity contribution >= 4 is 39.1 Å². The standard InChI is InChI=1S/C12H13BrN4O2S/c1-7-11(13)8(2)17(15-7)6-10(14)16-19-12(18)9-4-3-5-20-9/h3-5H,6H2,1-2H3,(H2,14,16). The molecule has 2 N–H and O–H groups in total. The van der Waals surface area contributed by atoms with Crippen molar-refractivity contribution in [3.8, 4) is 0 Å². The third kappa shape index (κ3) is 3.26. The lowest BCUT2D eigenvalue weighted by Crippen LogP contribution is -2.22. The molecule has 0 aliphatic carbocycles. The number of amidine groups is 1. The van der Waals surface area contributed by atoms with Gasteiger partial charge >= 0.3 is 5.97 Å². The molecule has 0 spiro atoms. The maximum atomic E-state index is 11.6. The summed E-state index contributed by atoms with van der Waals surface area (Å²) in [6.07, 6.45) is 0. The predicted molar refractivity (Wildman–Crippen MR) is 80.8 cm³/mol. The van der Waals surface area contributed by atoms with Crippen molar-refractivity contribution < 1.29 is 9.63 Å². The van der Waals surface area contributed by atoms with Gasteiger partial charge in [-0.05, 0) is 41.2 Å². The summed E-state index contributed by atoms with van der Waals surface area (Å²) in [4.78, 5) is 16.8. The highest BCUT2D eigenvalue weighted by atomic mass is 79.9. The van der Waals surface area contributed by atoms with E-state index < -0.39 is 5.97 Å². The molecule has 0 aromatic carbocycles. The number of hydrogen-bond acceptors (Lipinski definition) is 5. The second kappa shape index (κ2) is 6.19. The minimum atomic E-state index is -0.516. The monoisotopic (exact) mass is 356 g/mol. The molecule has 2 rings (SSSR count). The van der Waals surface area contributed by atoms with Crippen molar-refractivity contribution in [3.05, 3.63) is 38.3 Å². The van der Waals surface area contributed by atoms with Gasteiger partial charge < -0.3 is 10.6 Å². The topological polar surface area (TPSA) is 82.5 Å². The third-order valence-corrected chi connectivity index (χ3v) is 4.57. The highest BCUT2D eigenvalue weighted by Gasteiger charge is 2.11. The fourth-order valence-electron chi connectivity index (χ4n) is 1.55. The average Bonchev–Trinajstić information content (AvgIpc) is 3.02. The van der Waals surface area contributed by atoms with Crippen LogP contribution in [0, 0.1) is 13.8 Å². The molecule has 8 heteroatoms. The Bertz CT molecular complexity index is 649. The Balaban J connectivity index is 2.01. The van der Waals surface area contributed by atoms with Crippen LogP contribution in [0.4, 0.5) is 0 Å². The number of hydrogen-bond donors (Lipinski definition) is 1. The summed E-state index contributed by atoms with van der Waals surface area (Å²) in [6, 6.07) is 3.43. The van der Waals surface area contributed by atoms with Crippen molar-refractivity contribution in [2.45, 2.75) is 20.4 Å². The number of aromatic nitrogens is 2. The van der Waals surface area contributed by atoms with Crippen molar-refractivity contribution in [2.24, 2.45) is 10.9 Å². The van der Waals surface area contributed by atoms with Crippen LogP contribution in [0.2, 0.25) is 0 Å². The van der Waals surface area contributed by atoms with Crippen molar-refractivity contribution in [2.75, 3.05) is 0 Å². The summed E-state index contributed by atoms with van der Waals surface area (Å²) in [7, 11) is 0. The molecule has 0 aliphatic heterocycles. The fourth-order valence-corrected chi connectivity index (χ4v) is 2.43. The Morgan fingerprint density at radius 2 is 2.35 bits per heavy atom. The van der Waals surface area contributed by atoms with Crippen LogP contribution in [0.5, 0.6) is 0 Å². The van der Waals surface area contributed by atoms with E-state index >= 15 is 0 Å². The molecular weight excluding hydrogens is 344 g/mol. The van der Waals surface area contributed by atoms with E-state index in [2.05, 4.69) is 26.2 Å². The number of carbonyl (C=O) groups excluding carboxylic acids is 1. The Labute approximate surface area is 128 Å². The summed E-state index contributed by atoms with van der Waals surface area (Å²) in [5.74, 6) is -0.342. The first-order valence-electron chi connectivity index (χ1n) is 5.75. The number of thiophene rings is 1. The van der Waals surface area contributed by atoms with E-state index in [9.17, 15) is 4.79 Å². The van der Waals surface area contributed by atoms with Gasteiger partial charge in [-0.25, -0.2) is 4.79 Å². The molecule has 0 saturated carbocycles. The second-order valence-electron chi connectivity index (χ2n) is 4.08. The zero-order chi connectivity index (χ0) is 14.7. The van der Waals surface area contributed by atoms with Gasteiger partial charge in [0, 0.05) is 0 Å². The molecule has 2 heterocycles. The lowest BCUT2D eigenvalue weighted by Gasteiger charge is -2.03. The van der Waals surface area contributed by atoms with Crippen LogP contribution in [-0.2, 0) is 11.4 Å². The zero-order valence-electron chi connectivity index (χ0n) is 11.0. The molecule has 2 aromatic heterocycles. The molecule has 0 atom stereocenters. The van der Waals surface area contributed by atoms with Crippen molar-refractivity contribution in [1.82, 2.24) is 9.78 Å². The molecule has 0 aliphatic rings. The lowest BCUT2D eigenvalue weighted by molar-refractivity contribution is 0.0520. The fraction of sp³-hybridized carbons (Fsp3) is 0.250. The summed E-state index contributed by atoms with van der Waals surface area (Å²) >= 11 is 4.72. The number of carbonyl (C=O) groups is 1. The van der Waals surface area contributed by atoms with Crippen LogP contribution in [-0.4, -0.2) is 21.6 Å². The number of oxime groups is 1. The van der Waals surface area contributed by atoms with Crippen LogP contribution in [0.3, 0.4) is 0 Å². The van der Waals surface area contributed by atoms with Crippen LogP contribution in [0.1, 0.15) is 21.1 Å². The Morgan fingerprint density at radius 3 is 2.90 bits per heavy atom. The Hall–Kier alpha value is -1.67. The van der Waals surface area contributed by atoms with E-state index in [0.29, 0.717) is 4.88 Å². The minimum absolute atomic E-state index is 0.174. The number of nitrogens with zero attached hydrogens (tertiary/aromatic N) is 3. The third-order valence-electron chi connectivity index (χ3n) is 2.57. The van der Waals surface area contributed by atoms with Gasteiger partial charge in [0.25, 0.3) is 0 Å². The van der Waals surface area contributed by atoms with E-state index in [0.717, 1.165) is 15.9 Å². The molecule has 0 radical (unpaired) electrons. The maximum absolute atomic E-state index is 11.6. The largest absolute Gasteiger partial charge is 0.383 e. The summed E-state index contributed by atoms with van der Waals surface area (Å²) in [5, 5.41) is 9.72. The Kier molecular flexibility index (Phi) is 4.56. The first kappa shape index (κ1) is 14.7. The highest BCUT2D eigenvalue weighted by Crippen LogP contribution is 2.19.